The second kappa shape index (κ2) is 43.9. The second-order valence-corrected chi connectivity index (χ2v) is 21.6. The first-order valence-electron chi connectivity index (χ1n) is 29.7. The quantitative estimate of drug-likeness (QED) is 0.0134. The number of hydrogen-bond acceptors (Lipinski definition) is 20. The number of aliphatic hydroxyl groups is 4. The van der Waals surface area contributed by atoms with E-state index in [2.05, 4.69) is 49.5 Å². The van der Waals surface area contributed by atoms with E-state index in [0.29, 0.717) is 6.42 Å². The van der Waals surface area contributed by atoms with E-state index in [4.69, 9.17) is 33.5 Å². The van der Waals surface area contributed by atoms with Crippen molar-refractivity contribution < 1.29 is 92.9 Å². The fourth-order valence-corrected chi connectivity index (χ4v) is 9.11. The number of carbonyl (C=O) groups is 12. The minimum absolute atomic E-state index is 0.115. The molecule has 1 heterocycles. The maximum absolute atomic E-state index is 14.2. The van der Waals surface area contributed by atoms with Crippen LogP contribution in [0.5, 0.6) is 0 Å². The molecule has 1 aliphatic rings. The number of nitrogens with one attached hydrogen (secondary N) is 9. The topological polar surface area (TPSA) is 522 Å². The largest absolute Gasteiger partial charge is 0.481 e. The number of carbonyl (C=O) groups excluding carboxylic acids is 10. The zero-order valence-corrected chi connectivity index (χ0v) is 50.7. The van der Waals surface area contributed by atoms with Gasteiger partial charge in [0.15, 0.2) is 12.1 Å². The number of esters is 1. The Morgan fingerprint density at radius 2 is 1.08 bits per heavy atom. The number of halogens is 1. The van der Waals surface area contributed by atoms with Crippen LogP contribution < -0.4 is 65.1 Å². The first kappa shape index (κ1) is 78.4. The van der Waals surface area contributed by atoms with Gasteiger partial charge in [0.1, 0.15) is 54.6 Å². The maximum Gasteiger partial charge on any atom is 0.335 e. The Kier molecular flexibility index (Phi) is 39.6. The van der Waals surface area contributed by atoms with Crippen molar-refractivity contribution in [3.63, 3.8) is 0 Å². The van der Waals surface area contributed by atoms with Crippen molar-refractivity contribution in [2.45, 2.75) is 228 Å². The fraction of sp³-hybridized carbons (Fsp3) is 0.745. The van der Waals surface area contributed by atoms with Crippen molar-refractivity contribution in [1.82, 2.24) is 47.9 Å². The average molecular weight is 1260 g/mol. The minimum atomic E-state index is -2.85. The van der Waals surface area contributed by atoms with Crippen LogP contribution in [-0.4, -0.2) is 207 Å². The van der Waals surface area contributed by atoms with Gasteiger partial charge in [-0.05, 0) is 72.0 Å². The number of rotatable bonds is 32. The summed E-state index contributed by atoms with van der Waals surface area (Å²) in [4.78, 5) is 163. The molecule has 0 aromatic heterocycles. The van der Waals surface area contributed by atoms with Gasteiger partial charge >= 0.3 is 17.9 Å². The molecular formula is C55H95ClN12O19. The Bertz CT molecular complexity index is 2270. The van der Waals surface area contributed by atoms with Crippen molar-refractivity contribution in [2.24, 2.45) is 17.2 Å². The third-order valence-corrected chi connectivity index (χ3v) is 14.3. The van der Waals surface area contributed by atoms with Crippen LogP contribution in [-0.2, 0) is 62.3 Å². The van der Waals surface area contributed by atoms with Crippen LogP contribution in [0.2, 0.25) is 0 Å². The third kappa shape index (κ3) is 30.7. The number of allylic oxidation sites excluding steroid dienone is 1. The molecule has 1 saturated heterocycles. The molecule has 1 aliphatic heterocycles. The van der Waals surface area contributed by atoms with Crippen LogP contribution in [0.3, 0.4) is 0 Å². The number of ether oxygens (including phenoxy) is 1. The molecule has 0 aromatic rings. The van der Waals surface area contributed by atoms with Crippen LogP contribution in [0, 0.1) is 0 Å². The third-order valence-electron chi connectivity index (χ3n) is 14.0. The van der Waals surface area contributed by atoms with Crippen molar-refractivity contribution in [2.75, 3.05) is 32.1 Å². The lowest BCUT2D eigenvalue weighted by Crippen LogP contribution is -2.63. The summed E-state index contributed by atoms with van der Waals surface area (Å²) < 4.78 is 5.28. The van der Waals surface area contributed by atoms with Crippen molar-refractivity contribution in [3.8, 4) is 0 Å². The van der Waals surface area contributed by atoms with E-state index in [1.807, 2.05) is 5.32 Å². The highest BCUT2D eigenvalue weighted by Gasteiger charge is 2.40. The van der Waals surface area contributed by atoms with Gasteiger partial charge in [0, 0.05) is 0 Å². The SMILES string of the molecule is C/C=C1/NC(=O)C([C@H](C)O)NC(=O)[C@H](CCN)NC(=O)C(CCCCN)NC(=O)C(CC(=O)O)NC(=O)[C@@H](CCN)NC(=O)C([C@H](O)C(=O)O)NC(=O)C(NC(=O)C[C@H](O)CCCCCCCCCCCCCCC)COC(=O)C([C@H](O)CCl)NC1=O. The molecule has 0 aromatic carbocycles. The Labute approximate surface area is 511 Å². The average Bonchev–Trinajstić information content (AvgIpc) is 3.34. The molecule has 0 spiro atoms. The number of aliphatic hydroxyl groups excluding tert-OH is 4. The number of unbranched alkanes of at least 4 members (excludes halogenated alkanes) is 13. The van der Waals surface area contributed by atoms with Crippen molar-refractivity contribution in [1.29, 1.82) is 0 Å². The Morgan fingerprint density at radius 3 is 1.56 bits per heavy atom. The van der Waals surface area contributed by atoms with E-state index in [1.165, 1.54) is 45.4 Å². The predicted molar refractivity (Wildman–Crippen MR) is 314 cm³/mol. The van der Waals surface area contributed by atoms with Crippen LogP contribution in [0.15, 0.2) is 11.8 Å². The monoisotopic (exact) mass is 1260 g/mol. The minimum Gasteiger partial charge on any atom is -0.481 e. The van der Waals surface area contributed by atoms with Gasteiger partial charge < -0.3 is 100 Å². The molecule has 32 heteroatoms. The van der Waals surface area contributed by atoms with Gasteiger partial charge in [-0.15, -0.1) is 11.6 Å². The number of carboxylic acid groups (broad SMARTS) is 2. The van der Waals surface area contributed by atoms with Crippen LogP contribution >= 0.6 is 11.6 Å². The van der Waals surface area contributed by atoms with E-state index in [0.717, 1.165) is 51.5 Å². The van der Waals surface area contributed by atoms with E-state index in [1.54, 1.807) is 0 Å². The molecule has 496 valence electrons. The molecule has 9 amide bonds. The Balaban J connectivity index is 3.88. The molecule has 0 bridgehead atoms. The number of alkyl halides is 1. The predicted octanol–water partition coefficient (Wildman–Crippen LogP) is -3.60. The molecule has 0 saturated carbocycles. The van der Waals surface area contributed by atoms with Crippen molar-refractivity contribution in [3.05, 3.63) is 11.8 Å². The zero-order valence-electron chi connectivity index (χ0n) is 50.0. The smallest absolute Gasteiger partial charge is 0.335 e. The molecule has 0 aliphatic carbocycles. The summed E-state index contributed by atoms with van der Waals surface area (Å²) in [5.41, 5.74) is 16.5. The first-order chi connectivity index (χ1) is 41.3. The highest BCUT2D eigenvalue weighted by atomic mass is 35.5. The molecule has 31 nitrogen and oxygen atoms in total. The summed E-state index contributed by atoms with van der Waals surface area (Å²) in [5, 5.41) is 82.6. The van der Waals surface area contributed by atoms with Crippen LogP contribution in [0.4, 0.5) is 0 Å². The standard InChI is InChI=1S/C55H95ClN12O19/c1-4-6-7-8-9-10-11-12-13-14-15-16-17-20-32(70)27-40(72)60-38-30-87-55(86)43(39(71)29-56)67-46(76)33(5-2)61-52(82)42(31(3)69)66-49(79)36(23-26-59)63-47(77)34(21-18-19-24-57)62-50(80)37(28-41(73)74)65-48(78)35(22-25-58)64-53(83)44(68-51(38)81)45(75)54(84)85/h5,31-32,34-39,42-45,69-71,75H,4,6-30,57-59H2,1-3H3,(H,60,72)(H,61,82)(H,62,80)(H,63,77)(H,64,83)(H,65,78)(H,66,79)(H,67,76)(H,68,81)(H,73,74)(H,84,85)/b33-5+/t31-,32+,34?,35+,36-,37?,38?,39+,42?,43?,44?,45-/m0/s1. The molecule has 6 unspecified atom stereocenters. The van der Waals surface area contributed by atoms with Crippen LogP contribution in [0.1, 0.15) is 156 Å². The highest BCUT2D eigenvalue weighted by molar-refractivity contribution is 6.18. The summed E-state index contributed by atoms with van der Waals surface area (Å²) in [5.74, 6) is -17.8. The summed E-state index contributed by atoms with van der Waals surface area (Å²) in [6.45, 7) is 2.65. The lowest BCUT2D eigenvalue weighted by Gasteiger charge is -2.29. The Hall–Kier alpha value is -6.61. The number of carboxylic acids is 2. The van der Waals surface area contributed by atoms with Gasteiger partial charge in [0.25, 0.3) is 5.91 Å². The van der Waals surface area contributed by atoms with Gasteiger partial charge in [0.2, 0.25) is 47.3 Å². The molecule has 0 radical (unpaired) electrons. The van der Waals surface area contributed by atoms with Gasteiger partial charge in [-0.2, -0.15) is 0 Å². The van der Waals surface area contributed by atoms with Gasteiger partial charge in [-0.25, -0.2) is 9.59 Å². The molecule has 12 atom stereocenters. The number of hydrogen-bond donors (Lipinski definition) is 18. The van der Waals surface area contributed by atoms with E-state index in [-0.39, 0.29) is 45.2 Å². The summed E-state index contributed by atoms with van der Waals surface area (Å²) >= 11 is 5.90. The number of amides is 9. The number of cyclic esters (lactones) is 1. The maximum atomic E-state index is 14.2. The van der Waals surface area contributed by atoms with Gasteiger partial charge in [-0.1, -0.05) is 96.5 Å². The van der Waals surface area contributed by atoms with E-state index < -0.39 is 188 Å². The van der Waals surface area contributed by atoms with E-state index >= 15 is 0 Å². The second-order valence-electron chi connectivity index (χ2n) is 21.3. The normalized spacial score (nSPS) is 23.9. The molecular weight excluding hydrogens is 1170 g/mol. The van der Waals surface area contributed by atoms with Crippen LogP contribution in [0.25, 0.3) is 0 Å². The molecule has 21 N–H and O–H groups in total. The zero-order chi connectivity index (χ0) is 65.6. The lowest BCUT2D eigenvalue weighted by atomic mass is 10.0. The Morgan fingerprint density at radius 1 is 0.598 bits per heavy atom. The lowest BCUT2D eigenvalue weighted by molar-refractivity contribution is -0.154. The number of aliphatic carboxylic acids is 2. The first-order valence-corrected chi connectivity index (χ1v) is 30.2. The summed E-state index contributed by atoms with van der Waals surface area (Å²) in [6, 6.07) is -16.0. The summed E-state index contributed by atoms with van der Waals surface area (Å²) in [7, 11) is 0. The van der Waals surface area contributed by atoms with Gasteiger partial charge in [0.05, 0.1) is 37.0 Å². The van der Waals surface area contributed by atoms with Crippen molar-refractivity contribution >= 4 is 82.7 Å². The molecule has 1 rings (SSSR count). The van der Waals surface area contributed by atoms with Gasteiger partial charge in [-0.3, -0.25) is 47.9 Å². The summed E-state index contributed by atoms with van der Waals surface area (Å²) in [6.07, 6.45) is 4.61. The number of nitrogens with two attached hydrogens (primary N) is 3. The fourth-order valence-electron chi connectivity index (χ4n) is 8.93. The molecule has 1 fully saturated rings. The highest BCUT2D eigenvalue weighted by Crippen LogP contribution is 2.15. The molecule has 87 heavy (non-hydrogen) atoms. The van der Waals surface area contributed by atoms with E-state index in [9.17, 15) is 88.2 Å².